The van der Waals surface area contributed by atoms with Crippen LogP contribution >= 0.6 is 0 Å². The number of hydrogen-bond acceptors (Lipinski definition) is 3. The molecule has 0 unspecified atom stereocenters. The highest BCUT2D eigenvalue weighted by molar-refractivity contribution is 5.76. The van der Waals surface area contributed by atoms with Crippen LogP contribution in [-0.2, 0) is 4.79 Å². The van der Waals surface area contributed by atoms with E-state index in [1.165, 1.54) is 0 Å². The standard InChI is InChI=1S/C8H11NO3/c1-6-2-3-7(4-9(11)12)8(6)5-10/h5,7H,2-4H2,1H3/t7-/m1/s1. The van der Waals surface area contributed by atoms with Crippen molar-refractivity contribution in [2.45, 2.75) is 19.8 Å². The Hall–Kier alpha value is -1.19. The van der Waals surface area contributed by atoms with E-state index in [4.69, 9.17) is 0 Å². The van der Waals surface area contributed by atoms with Gasteiger partial charge in [-0.15, -0.1) is 0 Å². The molecule has 0 aliphatic heterocycles. The van der Waals surface area contributed by atoms with Crippen molar-refractivity contribution < 1.29 is 9.72 Å². The normalized spacial score (nSPS) is 22.9. The molecule has 0 bridgehead atoms. The third-order valence-electron chi connectivity index (χ3n) is 2.30. The van der Waals surface area contributed by atoms with E-state index in [0.29, 0.717) is 5.57 Å². The highest BCUT2D eigenvalue weighted by Gasteiger charge is 2.26. The zero-order chi connectivity index (χ0) is 9.14. The van der Waals surface area contributed by atoms with E-state index >= 15 is 0 Å². The minimum absolute atomic E-state index is 0.106. The molecule has 0 radical (unpaired) electrons. The fourth-order valence-corrected chi connectivity index (χ4v) is 1.61. The summed E-state index contributed by atoms with van der Waals surface area (Å²) in [6.07, 6.45) is 2.34. The largest absolute Gasteiger partial charge is 0.298 e. The van der Waals surface area contributed by atoms with Gasteiger partial charge < -0.3 is 0 Å². The van der Waals surface area contributed by atoms with Crippen LogP contribution in [0.5, 0.6) is 0 Å². The molecule has 12 heavy (non-hydrogen) atoms. The lowest BCUT2D eigenvalue weighted by atomic mass is 10.0. The Morgan fingerprint density at radius 2 is 2.42 bits per heavy atom. The number of aldehydes is 1. The molecular weight excluding hydrogens is 158 g/mol. The Bertz CT molecular complexity index is 245. The molecule has 0 aromatic heterocycles. The minimum atomic E-state index is -0.354. The van der Waals surface area contributed by atoms with Crippen LogP contribution in [0.4, 0.5) is 0 Å². The molecular formula is C8H11NO3. The maximum atomic E-state index is 10.5. The van der Waals surface area contributed by atoms with E-state index in [0.717, 1.165) is 24.7 Å². The summed E-state index contributed by atoms with van der Waals surface area (Å²) in [5.74, 6) is -0.141. The summed E-state index contributed by atoms with van der Waals surface area (Å²) in [7, 11) is 0. The summed E-state index contributed by atoms with van der Waals surface area (Å²) >= 11 is 0. The number of carbonyl (C=O) groups is 1. The third-order valence-corrected chi connectivity index (χ3v) is 2.30. The van der Waals surface area contributed by atoms with Gasteiger partial charge >= 0.3 is 0 Å². The molecule has 0 N–H and O–H groups in total. The molecule has 0 heterocycles. The van der Waals surface area contributed by atoms with E-state index < -0.39 is 0 Å². The van der Waals surface area contributed by atoms with Crippen LogP contribution in [0.15, 0.2) is 11.1 Å². The summed E-state index contributed by atoms with van der Waals surface area (Å²) in [5.41, 5.74) is 1.66. The van der Waals surface area contributed by atoms with Crippen molar-refractivity contribution in [3.63, 3.8) is 0 Å². The fourth-order valence-electron chi connectivity index (χ4n) is 1.61. The highest BCUT2D eigenvalue weighted by atomic mass is 16.6. The number of rotatable bonds is 3. The second-order valence-corrected chi connectivity index (χ2v) is 3.10. The molecule has 0 aromatic carbocycles. The van der Waals surface area contributed by atoms with Crippen LogP contribution in [-0.4, -0.2) is 17.8 Å². The first-order chi connectivity index (χ1) is 5.65. The molecule has 1 rings (SSSR count). The van der Waals surface area contributed by atoms with Crippen molar-refractivity contribution in [2.24, 2.45) is 5.92 Å². The number of nitrogens with zero attached hydrogens (tertiary/aromatic N) is 1. The summed E-state index contributed by atoms with van der Waals surface area (Å²) in [4.78, 5) is 20.4. The van der Waals surface area contributed by atoms with Gasteiger partial charge in [-0.3, -0.25) is 14.9 Å². The summed E-state index contributed by atoms with van der Waals surface area (Å²) in [6.45, 7) is 1.76. The molecule has 1 atom stereocenters. The zero-order valence-electron chi connectivity index (χ0n) is 6.95. The van der Waals surface area contributed by atoms with E-state index in [1.807, 2.05) is 6.92 Å². The Morgan fingerprint density at radius 1 is 1.75 bits per heavy atom. The predicted molar refractivity (Wildman–Crippen MR) is 43.3 cm³/mol. The van der Waals surface area contributed by atoms with Gasteiger partial charge in [-0.25, -0.2) is 0 Å². The topological polar surface area (TPSA) is 60.2 Å². The maximum Gasteiger partial charge on any atom is 0.210 e. The van der Waals surface area contributed by atoms with Gasteiger partial charge in [-0.2, -0.15) is 0 Å². The number of allylic oxidation sites excluding steroid dienone is 1. The molecule has 0 spiro atoms. The van der Waals surface area contributed by atoms with Crippen molar-refractivity contribution in [3.05, 3.63) is 21.3 Å². The van der Waals surface area contributed by atoms with Crippen molar-refractivity contribution in [1.29, 1.82) is 0 Å². The average molecular weight is 169 g/mol. The molecule has 0 saturated heterocycles. The second-order valence-electron chi connectivity index (χ2n) is 3.10. The molecule has 66 valence electrons. The SMILES string of the molecule is CC1=C(C=O)[C@@H](C[N+](=O)[O-])CC1. The van der Waals surface area contributed by atoms with E-state index in [-0.39, 0.29) is 17.4 Å². The first kappa shape index (κ1) is 8.90. The van der Waals surface area contributed by atoms with Gasteiger partial charge in [0, 0.05) is 10.5 Å². The number of carbonyl (C=O) groups excluding carboxylic acids is 1. The van der Waals surface area contributed by atoms with Gasteiger partial charge in [-0.1, -0.05) is 5.57 Å². The van der Waals surface area contributed by atoms with Crippen LogP contribution in [0.25, 0.3) is 0 Å². The molecule has 0 aromatic rings. The second kappa shape index (κ2) is 3.47. The van der Waals surface area contributed by atoms with Crippen molar-refractivity contribution >= 4 is 6.29 Å². The Morgan fingerprint density at radius 3 is 2.92 bits per heavy atom. The Balaban J connectivity index is 2.69. The molecule has 1 aliphatic rings. The number of hydrogen-bond donors (Lipinski definition) is 0. The van der Waals surface area contributed by atoms with Gasteiger partial charge in [0.15, 0.2) is 0 Å². The van der Waals surface area contributed by atoms with Crippen molar-refractivity contribution in [3.8, 4) is 0 Å². The highest BCUT2D eigenvalue weighted by Crippen LogP contribution is 2.30. The zero-order valence-corrected chi connectivity index (χ0v) is 6.95. The third kappa shape index (κ3) is 1.69. The lowest BCUT2D eigenvalue weighted by Crippen LogP contribution is -2.14. The molecule has 4 nitrogen and oxygen atoms in total. The van der Waals surface area contributed by atoms with Crippen LogP contribution < -0.4 is 0 Å². The summed E-state index contributed by atoms with van der Waals surface area (Å²) < 4.78 is 0. The van der Waals surface area contributed by atoms with Gasteiger partial charge in [0.2, 0.25) is 6.54 Å². The predicted octanol–water partition coefficient (Wildman–Crippen LogP) is 1.19. The monoisotopic (exact) mass is 169 g/mol. The molecule has 4 heteroatoms. The Labute approximate surface area is 70.4 Å². The average Bonchev–Trinajstić information content (AvgIpc) is 2.30. The molecule has 0 fully saturated rings. The van der Waals surface area contributed by atoms with Crippen LogP contribution in [0.3, 0.4) is 0 Å². The molecule has 0 saturated carbocycles. The maximum absolute atomic E-state index is 10.5. The van der Waals surface area contributed by atoms with Crippen LogP contribution in [0, 0.1) is 16.0 Å². The quantitative estimate of drug-likeness (QED) is 0.362. The smallest absolute Gasteiger partial charge is 0.210 e. The first-order valence-electron chi connectivity index (χ1n) is 3.91. The lowest BCUT2D eigenvalue weighted by Gasteiger charge is -2.03. The Kier molecular flexibility index (Phi) is 2.58. The van der Waals surface area contributed by atoms with E-state index in [2.05, 4.69) is 0 Å². The van der Waals surface area contributed by atoms with Gasteiger partial charge in [0.05, 0.1) is 5.92 Å². The minimum Gasteiger partial charge on any atom is -0.298 e. The summed E-state index contributed by atoms with van der Waals surface area (Å²) in [5, 5.41) is 10.2. The number of nitro groups is 1. The van der Waals surface area contributed by atoms with E-state index in [1.54, 1.807) is 0 Å². The van der Waals surface area contributed by atoms with Gasteiger partial charge in [0.1, 0.15) is 6.29 Å². The van der Waals surface area contributed by atoms with Gasteiger partial charge in [0.25, 0.3) is 0 Å². The summed E-state index contributed by atoms with van der Waals surface area (Å²) in [6, 6.07) is 0. The lowest BCUT2D eigenvalue weighted by molar-refractivity contribution is -0.486. The van der Waals surface area contributed by atoms with Gasteiger partial charge in [-0.05, 0) is 19.8 Å². The van der Waals surface area contributed by atoms with Crippen LogP contribution in [0.2, 0.25) is 0 Å². The van der Waals surface area contributed by atoms with Crippen molar-refractivity contribution in [2.75, 3.05) is 6.54 Å². The fraction of sp³-hybridized carbons (Fsp3) is 0.625. The van der Waals surface area contributed by atoms with Crippen LogP contribution in [0.1, 0.15) is 19.8 Å². The molecule has 0 amide bonds. The first-order valence-corrected chi connectivity index (χ1v) is 3.91. The van der Waals surface area contributed by atoms with Crippen molar-refractivity contribution in [1.82, 2.24) is 0 Å². The molecule has 1 aliphatic carbocycles. The van der Waals surface area contributed by atoms with E-state index in [9.17, 15) is 14.9 Å².